The summed E-state index contributed by atoms with van der Waals surface area (Å²) in [5.74, 6) is 0. The zero-order valence-electron chi connectivity index (χ0n) is 44.7. The maximum atomic E-state index is 6.31. The van der Waals surface area contributed by atoms with Crippen LogP contribution in [-0.2, 0) is 9.31 Å². The molecular weight excluding hydrogens is 1040 g/mol. The van der Waals surface area contributed by atoms with Crippen molar-refractivity contribution in [2.75, 3.05) is 0 Å². The van der Waals surface area contributed by atoms with Gasteiger partial charge in [0.25, 0.3) is 0 Å². The molecule has 1 saturated heterocycles. The second kappa shape index (κ2) is 18.6. The molecule has 17 rings (SSSR count). The SMILES string of the molecule is Brc1cc2ccccc2c2ccccc12.CC1(C)OB(c2ccc3c4ccccc4n4c5ccccc5nc4c3c2)OC1(C)C.c1ccc2c(c1)cc(-c1ccc3c4ccccc4n4c5ccccc5nc4c3c1)c1ccccc12. The van der Waals surface area contributed by atoms with Crippen LogP contribution in [0.15, 0.2) is 247 Å². The number of hydrogen-bond acceptors (Lipinski definition) is 4. The first kappa shape index (κ1) is 48.2. The lowest BCUT2D eigenvalue weighted by molar-refractivity contribution is 0.00578. The van der Waals surface area contributed by atoms with Crippen LogP contribution in [-0.4, -0.2) is 37.1 Å². The first-order chi connectivity index (χ1) is 39.1. The van der Waals surface area contributed by atoms with Crippen LogP contribution in [0.3, 0.4) is 0 Å². The van der Waals surface area contributed by atoms with E-state index < -0.39 is 7.12 Å². The van der Waals surface area contributed by atoms with Crippen molar-refractivity contribution >= 4 is 148 Å². The van der Waals surface area contributed by atoms with Crippen LogP contribution in [0.5, 0.6) is 0 Å². The Bertz CT molecular complexity index is 5180. The Kier molecular flexibility index (Phi) is 11.2. The standard InChI is InChI=1S/C33H20N2.C25H23BN2O2.C14H9Br/c1-2-10-23-21(9-1)19-28(25-12-4-3-11-24(23)25)22-17-18-26-27-13-5-7-15-31(27)35-32-16-8-6-14-30(32)34-33(35)29(26)20-22;1-24(2)25(3,4)30-26(29-24)16-13-14-17-18-9-5-7-11-21(18)28-22-12-8-6-10-20(22)27-23(28)19(17)15-16;15-14-9-10-5-1-2-6-11(10)12-7-3-4-8-13(12)14/h1-20H;5-15H,1-4H3;1-9H. The molecule has 8 heteroatoms. The normalized spacial score (nSPS) is 14.1. The van der Waals surface area contributed by atoms with E-state index in [1.807, 2.05) is 6.07 Å². The third-order valence-corrected chi connectivity index (χ3v) is 17.5. The quantitative estimate of drug-likeness (QED) is 0.128. The van der Waals surface area contributed by atoms with Gasteiger partial charge in [-0.1, -0.05) is 204 Å². The third-order valence-electron chi connectivity index (χ3n) is 16.9. The highest BCUT2D eigenvalue weighted by molar-refractivity contribution is 9.10. The van der Waals surface area contributed by atoms with Gasteiger partial charge in [-0.15, -0.1) is 0 Å². The number of fused-ring (bicyclic) bond motifs is 22. The first-order valence-electron chi connectivity index (χ1n) is 27.3. The molecule has 1 aliphatic heterocycles. The topological polar surface area (TPSA) is 53.1 Å². The summed E-state index contributed by atoms with van der Waals surface area (Å²) in [5.41, 5.74) is 11.3. The Labute approximate surface area is 470 Å². The number of aromatic nitrogens is 4. The van der Waals surface area contributed by atoms with Crippen molar-refractivity contribution in [1.29, 1.82) is 0 Å². The highest BCUT2D eigenvalue weighted by atomic mass is 79.9. The average Bonchev–Trinajstić information content (AvgIpc) is 4.30. The van der Waals surface area contributed by atoms with Gasteiger partial charge >= 0.3 is 7.12 Å². The van der Waals surface area contributed by atoms with E-state index in [0.717, 1.165) is 54.2 Å². The molecule has 1 fully saturated rings. The molecule has 80 heavy (non-hydrogen) atoms. The van der Waals surface area contributed by atoms with Crippen LogP contribution in [0.4, 0.5) is 0 Å². The fraction of sp³-hybridized carbons (Fsp3) is 0.0833. The number of para-hydroxylation sites is 6. The lowest BCUT2D eigenvalue weighted by Crippen LogP contribution is -2.41. The summed E-state index contributed by atoms with van der Waals surface area (Å²) in [5, 5.41) is 17.5. The van der Waals surface area contributed by atoms with Crippen molar-refractivity contribution in [2.45, 2.75) is 38.9 Å². The van der Waals surface area contributed by atoms with E-state index in [-0.39, 0.29) is 11.2 Å². The van der Waals surface area contributed by atoms with Gasteiger partial charge < -0.3 is 9.31 Å². The average molecular weight is 1100 g/mol. The van der Waals surface area contributed by atoms with Gasteiger partial charge in [0.05, 0.1) is 44.3 Å². The van der Waals surface area contributed by atoms with E-state index in [0.29, 0.717) is 0 Å². The molecule has 0 saturated carbocycles. The lowest BCUT2D eigenvalue weighted by atomic mass is 9.78. The Morgan fingerprint density at radius 2 is 0.750 bits per heavy atom. The van der Waals surface area contributed by atoms with Gasteiger partial charge in [-0.3, -0.25) is 8.80 Å². The van der Waals surface area contributed by atoms with Crippen LogP contribution in [0.25, 0.3) is 131 Å². The van der Waals surface area contributed by atoms with Gasteiger partial charge in [-0.25, -0.2) is 9.97 Å². The van der Waals surface area contributed by atoms with Gasteiger partial charge in [0.2, 0.25) is 0 Å². The Balaban J connectivity index is 0.000000111. The molecule has 0 aliphatic carbocycles. The van der Waals surface area contributed by atoms with Gasteiger partial charge in [-0.05, 0) is 153 Å². The number of nitrogens with zero attached hydrogens (tertiary/aromatic N) is 4. The number of benzene rings is 12. The van der Waals surface area contributed by atoms with Gasteiger partial charge in [0.1, 0.15) is 11.3 Å². The second-order valence-corrected chi connectivity index (χ2v) is 22.9. The Morgan fingerprint density at radius 3 is 1.31 bits per heavy atom. The molecule has 6 nitrogen and oxygen atoms in total. The molecule has 4 aromatic heterocycles. The van der Waals surface area contributed by atoms with E-state index in [4.69, 9.17) is 19.3 Å². The van der Waals surface area contributed by atoms with Gasteiger partial charge in [-0.2, -0.15) is 0 Å². The van der Waals surface area contributed by atoms with E-state index in [2.05, 4.69) is 289 Å². The number of rotatable bonds is 2. The summed E-state index contributed by atoms with van der Waals surface area (Å²) in [7, 11) is -0.393. The summed E-state index contributed by atoms with van der Waals surface area (Å²) in [6.45, 7) is 8.34. The molecule has 5 heterocycles. The largest absolute Gasteiger partial charge is 0.494 e. The molecule has 0 radical (unpaired) electrons. The molecule has 0 amide bonds. The van der Waals surface area contributed by atoms with Gasteiger partial charge in [0.15, 0.2) is 0 Å². The third kappa shape index (κ3) is 7.69. The minimum atomic E-state index is -0.393. The first-order valence-corrected chi connectivity index (χ1v) is 28.1. The zero-order valence-corrected chi connectivity index (χ0v) is 46.2. The number of hydrogen-bond donors (Lipinski definition) is 0. The predicted octanol–water partition coefficient (Wildman–Crippen LogP) is 18.6. The van der Waals surface area contributed by atoms with Crippen LogP contribution in [0.2, 0.25) is 0 Å². The fourth-order valence-corrected chi connectivity index (χ4v) is 12.8. The summed E-state index contributed by atoms with van der Waals surface area (Å²) in [6, 6.07) is 86.1. The van der Waals surface area contributed by atoms with Crippen molar-refractivity contribution in [2.24, 2.45) is 0 Å². The maximum absolute atomic E-state index is 6.31. The minimum Gasteiger partial charge on any atom is -0.399 e. The molecule has 0 spiro atoms. The van der Waals surface area contributed by atoms with Crippen molar-refractivity contribution in [3.8, 4) is 11.1 Å². The van der Waals surface area contributed by atoms with E-state index in [1.165, 1.54) is 86.7 Å². The Hall–Kier alpha value is -8.92. The zero-order chi connectivity index (χ0) is 53.9. The molecule has 0 N–H and O–H groups in total. The van der Waals surface area contributed by atoms with E-state index >= 15 is 0 Å². The predicted molar refractivity (Wildman–Crippen MR) is 341 cm³/mol. The molecular formula is C72H52BBrN4O2. The highest BCUT2D eigenvalue weighted by Gasteiger charge is 2.51. The Morgan fingerprint density at radius 1 is 0.350 bits per heavy atom. The van der Waals surface area contributed by atoms with E-state index in [9.17, 15) is 0 Å². The van der Waals surface area contributed by atoms with Crippen molar-refractivity contribution in [3.63, 3.8) is 0 Å². The number of imidazole rings is 2. The fourth-order valence-electron chi connectivity index (χ4n) is 12.2. The monoisotopic (exact) mass is 1090 g/mol. The molecule has 1 aliphatic rings. The van der Waals surface area contributed by atoms with Crippen molar-refractivity contribution < 1.29 is 9.31 Å². The van der Waals surface area contributed by atoms with Crippen molar-refractivity contribution in [3.05, 3.63) is 247 Å². The van der Waals surface area contributed by atoms with Gasteiger partial charge in [0, 0.05) is 26.0 Å². The molecule has 0 unspecified atom stereocenters. The van der Waals surface area contributed by atoms with Crippen molar-refractivity contribution in [1.82, 2.24) is 18.8 Å². The summed E-state index contributed by atoms with van der Waals surface area (Å²) >= 11 is 3.62. The minimum absolute atomic E-state index is 0.368. The molecule has 0 atom stereocenters. The summed E-state index contributed by atoms with van der Waals surface area (Å²) in [6.07, 6.45) is 0. The smallest absolute Gasteiger partial charge is 0.399 e. The summed E-state index contributed by atoms with van der Waals surface area (Å²) in [4.78, 5) is 10.1. The van der Waals surface area contributed by atoms with Crippen LogP contribution in [0, 0.1) is 0 Å². The molecule has 16 aromatic rings. The second-order valence-electron chi connectivity index (χ2n) is 22.0. The van der Waals surface area contributed by atoms with Crippen LogP contribution in [0.1, 0.15) is 27.7 Å². The molecule has 12 aromatic carbocycles. The highest BCUT2D eigenvalue weighted by Crippen LogP contribution is 2.41. The number of halogens is 1. The molecule has 382 valence electrons. The number of pyridine rings is 2. The van der Waals surface area contributed by atoms with Crippen LogP contribution < -0.4 is 5.46 Å². The van der Waals surface area contributed by atoms with Crippen LogP contribution >= 0.6 is 15.9 Å². The lowest BCUT2D eigenvalue weighted by Gasteiger charge is -2.32. The van der Waals surface area contributed by atoms with E-state index in [1.54, 1.807) is 0 Å². The maximum Gasteiger partial charge on any atom is 0.494 e. The summed E-state index contributed by atoms with van der Waals surface area (Å²) < 4.78 is 18.4. The molecule has 0 bridgehead atoms.